The Hall–Kier alpha value is -1.40. The van der Waals surface area contributed by atoms with Gasteiger partial charge in [-0.15, -0.1) is 0 Å². The van der Waals surface area contributed by atoms with Crippen molar-refractivity contribution in [3.63, 3.8) is 0 Å². The second kappa shape index (κ2) is 8.18. The average Bonchev–Trinajstić information content (AvgIpc) is 2.61. The van der Waals surface area contributed by atoms with Crippen molar-refractivity contribution in [1.82, 2.24) is 10.0 Å². The molecule has 1 aromatic rings. The molecule has 2 N–H and O–H groups in total. The van der Waals surface area contributed by atoms with Gasteiger partial charge in [-0.05, 0) is 78.2 Å². The van der Waals surface area contributed by atoms with Crippen LogP contribution in [0.5, 0.6) is 0 Å². The Bertz CT molecular complexity index is 918. The van der Waals surface area contributed by atoms with Crippen LogP contribution < -0.4 is 10.0 Å². The van der Waals surface area contributed by atoms with Crippen LogP contribution in [0, 0.1) is 28.6 Å². The minimum atomic E-state index is -3.46. The Morgan fingerprint density at radius 3 is 2.26 bits per heavy atom. The van der Waals surface area contributed by atoms with Crippen molar-refractivity contribution in [3.8, 4) is 0 Å². The molecule has 4 fully saturated rings. The number of nitrogens with one attached hydrogen (secondary N) is 2. The summed E-state index contributed by atoms with van der Waals surface area (Å²) in [6.07, 6.45) is 7.28. The summed E-state index contributed by atoms with van der Waals surface area (Å²) < 4.78 is 29.5. The van der Waals surface area contributed by atoms with Gasteiger partial charge in [0.25, 0.3) is 0 Å². The summed E-state index contributed by atoms with van der Waals surface area (Å²) in [4.78, 5) is 11.3. The zero-order valence-corrected chi connectivity index (χ0v) is 20.2. The number of amides is 1. The SMILES string of the molecule is CC(=O)NCc1ccccc1CS(=O)(=O)NC1C2CC3CC1CC(CC(C)(C)C)(C3)C2. The van der Waals surface area contributed by atoms with E-state index in [9.17, 15) is 13.2 Å². The minimum Gasteiger partial charge on any atom is -0.352 e. The molecule has 0 aliphatic heterocycles. The molecule has 5 nitrogen and oxygen atoms in total. The quantitative estimate of drug-likeness (QED) is 0.653. The Morgan fingerprint density at radius 2 is 1.68 bits per heavy atom. The van der Waals surface area contributed by atoms with Crippen LogP contribution in [0.25, 0.3) is 0 Å². The highest BCUT2D eigenvalue weighted by Gasteiger charge is 2.56. The van der Waals surface area contributed by atoms with Crippen LogP contribution in [0.4, 0.5) is 0 Å². The standard InChI is InChI=1S/C25H38N2O3S/c1-17(28)26-14-19-7-5-6-8-20(19)15-31(29,30)27-23-21-9-18-10-22(23)13-25(11-18,12-21)16-24(2,3)4/h5-8,18,21-23,27H,9-16H2,1-4H3,(H,26,28). The highest BCUT2D eigenvalue weighted by molar-refractivity contribution is 7.88. The fraction of sp³-hybridized carbons (Fsp3) is 0.720. The zero-order chi connectivity index (χ0) is 22.4. The van der Waals surface area contributed by atoms with E-state index < -0.39 is 10.0 Å². The van der Waals surface area contributed by atoms with Crippen molar-refractivity contribution in [2.24, 2.45) is 28.6 Å². The zero-order valence-electron chi connectivity index (χ0n) is 19.4. The lowest BCUT2D eigenvalue weighted by Crippen LogP contribution is -2.59. The normalized spacial score (nSPS) is 32.3. The number of hydrogen-bond acceptors (Lipinski definition) is 3. The van der Waals surface area contributed by atoms with E-state index in [0.717, 1.165) is 17.0 Å². The lowest BCUT2D eigenvalue weighted by atomic mass is 9.46. The highest BCUT2D eigenvalue weighted by Crippen LogP contribution is 2.63. The van der Waals surface area contributed by atoms with Gasteiger partial charge in [0, 0.05) is 19.5 Å². The maximum Gasteiger partial charge on any atom is 0.217 e. The molecule has 2 atom stereocenters. The van der Waals surface area contributed by atoms with E-state index in [2.05, 4.69) is 30.8 Å². The molecule has 1 amide bonds. The molecule has 2 unspecified atom stereocenters. The highest BCUT2D eigenvalue weighted by atomic mass is 32.2. The molecule has 6 heteroatoms. The molecule has 172 valence electrons. The number of benzene rings is 1. The van der Waals surface area contributed by atoms with Crippen molar-refractivity contribution < 1.29 is 13.2 Å². The van der Waals surface area contributed by atoms with Gasteiger partial charge < -0.3 is 5.32 Å². The molecule has 31 heavy (non-hydrogen) atoms. The van der Waals surface area contributed by atoms with Crippen molar-refractivity contribution in [3.05, 3.63) is 35.4 Å². The number of carbonyl (C=O) groups is 1. The second-order valence-electron chi connectivity index (χ2n) is 11.8. The Balaban J connectivity index is 1.46. The Kier molecular flexibility index (Phi) is 6.01. The van der Waals surface area contributed by atoms with E-state index in [0.29, 0.717) is 29.2 Å². The van der Waals surface area contributed by atoms with E-state index in [-0.39, 0.29) is 17.7 Å². The monoisotopic (exact) mass is 446 g/mol. The minimum absolute atomic E-state index is 0.0325. The van der Waals surface area contributed by atoms with Crippen LogP contribution in [0.1, 0.15) is 77.3 Å². The lowest BCUT2D eigenvalue weighted by molar-refractivity contribution is -0.119. The molecule has 4 saturated carbocycles. The van der Waals surface area contributed by atoms with E-state index >= 15 is 0 Å². The van der Waals surface area contributed by atoms with E-state index in [1.807, 2.05) is 24.3 Å². The first kappa shape index (κ1) is 22.8. The summed E-state index contributed by atoms with van der Waals surface area (Å²) in [6, 6.07) is 7.57. The fourth-order valence-corrected chi connectivity index (χ4v) is 8.84. The Morgan fingerprint density at radius 1 is 1.06 bits per heavy atom. The van der Waals surface area contributed by atoms with Gasteiger partial charge in [0.15, 0.2) is 0 Å². The summed E-state index contributed by atoms with van der Waals surface area (Å²) in [5.74, 6) is 1.57. The van der Waals surface area contributed by atoms with Gasteiger partial charge in [0.2, 0.25) is 15.9 Å². The maximum atomic E-state index is 13.2. The summed E-state index contributed by atoms with van der Waals surface area (Å²) in [6.45, 7) is 8.84. The number of rotatable bonds is 7. The first-order valence-electron chi connectivity index (χ1n) is 11.7. The van der Waals surface area contributed by atoms with Crippen LogP contribution in [0.2, 0.25) is 0 Å². The maximum absolute atomic E-state index is 13.2. The molecule has 1 aromatic carbocycles. The fourth-order valence-electron chi connectivity index (χ4n) is 7.27. The van der Waals surface area contributed by atoms with Gasteiger partial charge in [-0.3, -0.25) is 4.79 Å². The van der Waals surface area contributed by atoms with Crippen molar-refractivity contribution >= 4 is 15.9 Å². The van der Waals surface area contributed by atoms with E-state index in [4.69, 9.17) is 0 Å². The third-order valence-electron chi connectivity index (χ3n) is 7.61. The molecule has 0 radical (unpaired) electrons. The topological polar surface area (TPSA) is 75.3 Å². The van der Waals surface area contributed by atoms with Crippen LogP contribution in [-0.4, -0.2) is 20.4 Å². The second-order valence-corrected chi connectivity index (χ2v) is 13.5. The summed E-state index contributed by atoms with van der Waals surface area (Å²) >= 11 is 0. The van der Waals surface area contributed by atoms with Crippen molar-refractivity contribution in [1.29, 1.82) is 0 Å². The molecule has 4 aliphatic rings. The first-order valence-corrected chi connectivity index (χ1v) is 13.4. The molecule has 4 bridgehead atoms. The van der Waals surface area contributed by atoms with Gasteiger partial charge in [-0.2, -0.15) is 0 Å². The van der Waals surface area contributed by atoms with Gasteiger partial charge in [-0.1, -0.05) is 45.0 Å². The van der Waals surface area contributed by atoms with Crippen LogP contribution in [-0.2, 0) is 27.1 Å². The molecule has 0 aromatic heterocycles. The predicted octanol–water partition coefficient (Wildman–Crippen LogP) is 4.37. The smallest absolute Gasteiger partial charge is 0.217 e. The molecular formula is C25H38N2O3S. The number of carbonyl (C=O) groups excluding carboxylic acids is 1. The van der Waals surface area contributed by atoms with Gasteiger partial charge in [0.05, 0.1) is 5.75 Å². The van der Waals surface area contributed by atoms with Crippen molar-refractivity contribution in [2.75, 3.05) is 0 Å². The largest absolute Gasteiger partial charge is 0.352 e. The lowest BCUT2D eigenvalue weighted by Gasteiger charge is -2.61. The van der Waals surface area contributed by atoms with E-state index in [1.165, 1.54) is 45.4 Å². The number of sulfonamides is 1. The first-order chi connectivity index (χ1) is 14.4. The van der Waals surface area contributed by atoms with Crippen LogP contribution >= 0.6 is 0 Å². The number of hydrogen-bond donors (Lipinski definition) is 2. The van der Waals surface area contributed by atoms with Gasteiger partial charge >= 0.3 is 0 Å². The third kappa shape index (κ3) is 5.33. The third-order valence-corrected chi connectivity index (χ3v) is 8.93. The van der Waals surface area contributed by atoms with Crippen LogP contribution in [0.15, 0.2) is 24.3 Å². The molecule has 4 aliphatic carbocycles. The summed E-state index contributed by atoms with van der Waals surface area (Å²) in [5, 5.41) is 2.78. The summed E-state index contributed by atoms with van der Waals surface area (Å²) in [7, 11) is -3.46. The molecule has 5 rings (SSSR count). The summed E-state index contributed by atoms with van der Waals surface area (Å²) in [5.41, 5.74) is 2.36. The average molecular weight is 447 g/mol. The molecule has 0 saturated heterocycles. The molecule has 0 heterocycles. The van der Waals surface area contributed by atoms with E-state index in [1.54, 1.807) is 0 Å². The van der Waals surface area contributed by atoms with Crippen molar-refractivity contribution in [2.45, 2.75) is 84.6 Å². The molecular weight excluding hydrogens is 408 g/mol. The Labute approximate surface area is 187 Å². The van der Waals surface area contributed by atoms with Crippen LogP contribution in [0.3, 0.4) is 0 Å². The predicted molar refractivity (Wildman–Crippen MR) is 124 cm³/mol. The molecule has 0 spiro atoms. The van der Waals surface area contributed by atoms with Gasteiger partial charge in [0.1, 0.15) is 0 Å². The van der Waals surface area contributed by atoms with Gasteiger partial charge in [-0.25, -0.2) is 13.1 Å².